The average molecular weight is 443 g/mol. The fraction of sp³-hybridized carbons (Fsp3) is 0.318. The molecular formula is C22H23ClN4O4. The lowest BCUT2D eigenvalue weighted by molar-refractivity contribution is 0.0548. The maximum absolute atomic E-state index is 12.9. The van der Waals surface area contributed by atoms with Crippen molar-refractivity contribution in [3.05, 3.63) is 58.9 Å². The van der Waals surface area contributed by atoms with Gasteiger partial charge in [-0.3, -0.25) is 9.69 Å². The molecule has 31 heavy (non-hydrogen) atoms. The highest BCUT2D eigenvalue weighted by Crippen LogP contribution is 2.31. The van der Waals surface area contributed by atoms with Gasteiger partial charge in [0.05, 0.1) is 18.7 Å². The maximum Gasteiger partial charge on any atom is 0.257 e. The Morgan fingerprint density at radius 3 is 2.55 bits per heavy atom. The number of amides is 1. The highest BCUT2D eigenvalue weighted by Gasteiger charge is 2.29. The van der Waals surface area contributed by atoms with Gasteiger partial charge in [-0.1, -0.05) is 22.8 Å². The smallest absolute Gasteiger partial charge is 0.257 e. The van der Waals surface area contributed by atoms with E-state index in [0.717, 1.165) is 5.56 Å². The Labute approximate surface area is 185 Å². The lowest BCUT2D eigenvalue weighted by Gasteiger charge is -2.36. The molecule has 1 amide bonds. The largest absolute Gasteiger partial charge is 0.504 e. The quantitative estimate of drug-likeness (QED) is 0.645. The summed E-state index contributed by atoms with van der Waals surface area (Å²) in [6.07, 6.45) is 0. The van der Waals surface area contributed by atoms with Crippen molar-refractivity contribution in [1.82, 2.24) is 19.9 Å². The van der Waals surface area contributed by atoms with Gasteiger partial charge >= 0.3 is 0 Å². The predicted molar refractivity (Wildman–Crippen MR) is 115 cm³/mol. The second-order valence-corrected chi connectivity index (χ2v) is 7.76. The van der Waals surface area contributed by atoms with Gasteiger partial charge in [0.2, 0.25) is 11.7 Å². The van der Waals surface area contributed by atoms with E-state index in [2.05, 4.69) is 15.0 Å². The van der Waals surface area contributed by atoms with Crippen LogP contribution in [0.3, 0.4) is 0 Å². The van der Waals surface area contributed by atoms with Crippen molar-refractivity contribution in [2.24, 2.45) is 0 Å². The minimum atomic E-state index is -0.216. The van der Waals surface area contributed by atoms with Crippen LogP contribution in [0.15, 0.2) is 47.0 Å². The third kappa shape index (κ3) is 4.35. The van der Waals surface area contributed by atoms with E-state index in [4.69, 9.17) is 20.9 Å². The molecule has 9 heteroatoms. The fourth-order valence-electron chi connectivity index (χ4n) is 3.62. The summed E-state index contributed by atoms with van der Waals surface area (Å²) in [7, 11) is 1.46. The molecule has 0 radical (unpaired) electrons. The van der Waals surface area contributed by atoms with Crippen LogP contribution >= 0.6 is 11.6 Å². The second kappa shape index (κ2) is 8.95. The van der Waals surface area contributed by atoms with E-state index in [9.17, 15) is 9.90 Å². The van der Waals surface area contributed by atoms with Crippen LogP contribution in [0.4, 0.5) is 0 Å². The Hall–Kier alpha value is -3.10. The summed E-state index contributed by atoms with van der Waals surface area (Å²) < 4.78 is 10.6. The predicted octanol–water partition coefficient (Wildman–Crippen LogP) is 3.62. The van der Waals surface area contributed by atoms with Gasteiger partial charge in [-0.2, -0.15) is 4.98 Å². The zero-order chi connectivity index (χ0) is 22.0. The first-order chi connectivity index (χ1) is 15.0. The Balaban J connectivity index is 1.40. The number of ether oxygens (including phenoxy) is 1. The number of rotatable bonds is 5. The molecule has 3 aromatic rings. The molecule has 0 spiro atoms. The number of piperazine rings is 1. The number of nitrogens with zero attached hydrogens (tertiary/aromatic N) is 4. The van der Waals surface area contributed by atoms with Crippen molar-refractivity contribution in [3.8, 4) is 22.9 Å². The van der Waals surface area contributed by atoms with Crippen molar-refractivity contribution in [2.45, 2.75) is 13.0 Å². The fourth-order valence-corrected chi connectivity index (χ4v) is 3.75. The van der Waals surface area contributed by atoms with Crippen LogP contribution in [-0.2, 0) is 0 Å². The number of phenols is 1. The van der Waals surface area contributed by atoms with Crippen molar-refractivity contribution >= 4 is 17.5 Å². The van der Waals surface area contributed by atoms with Crippen LogP contribution in [0.1, 0.15) is 29.2 Å². The first-order valence-corrected chi connectivity index (χ1v) is 10.3. The molecule has 4 rings (SSSR count). The monoisotopic (exact) mass is 442 g/mol. The molecule has 1 saturated heterocycles. The highest BCUT2D eigenvalue weighted by molar-refractivity contribution is 6.30. The third-order valence-corrected chi connectivity index (χ3v) is 5.75. The first kappa shape index (κ1) is 21.1. The minimum absolute atomic E-state index is 0.0870. The van der Waals surface area contributed by atoms with E-state index in [1.54, 1.807) is 35.2 Å². The lowest BCUT2D eigenvalue weighted by atomic mass is 10.1. The SMILES string of the molecule is COc1cccc(C(=O)N2CCN([C@@H](C)c3nc(-c4ccc(Cl)cc4)no3)CC2)c1O. The van der Waals surface area contributed by atoms with Crippen LogP contribution in [0, 0.1) is 0 Å². The summed E-state index contributed by atoms with van der Waals surface area (Å²) in [6.45, 7) is 4.35. The number of para-hydroxylation sites is 1. The minimum Gasteiger partial charge on any atom is -0.504 e. The van der Waals surface area contributed by atoms with Crippen LogP contribution < -0.4 is 4.74 Å². The van der Waals surface area contributed by atoms with Crippen LogP contribution in [0.2, 0.25) is 5.02 Å². The van der Waals surface area contributed by atoms with Gasteiger partial charge in [0.25, 0.3) is 5.91 Å². The molecule has 0 saturated carbocycles. The molecule has 1 aliphatic heterocycles. The summed E-state index contributed by atoms with van der Waals surface area (Å²) in [6, 6.07) is 12.1. The van der Waals surface area contributed by atoms with Crippen molar-refractivity contribution < 1.29 is 19.2 Å². The topological polar surface area (TPSA) is 91.9 Å². The molecule has 8 nitrogen and oxygen atoms in total. The van der Waals surface area contributed by atoms with Gasteiger partial charge in [-0.15, -0.1) is 0 Å². The molecule has 1 aromatic heterocycles. The molecule has 1 atom stereocenters. The standard InChI is InChI=1S/C22H23ClN4O4/c1-14(21-24-20(25-31-21)15-6-8-16(23)9-7-15)26-10-12-27(13-11-26)22(29)17-4-3-5-18(30-2)19(17)28/h3-9,14,28H,10-13H2,1-2H3/t14-/m0/s1. The van der Waals surface area contributed by atoms with E-state index in [-0.39, 0.29) is 29.0 Å². The molecule has 0 unspecified atom stereocenters. The summed E-state index contributed by atoms with van der Waals surface area (Å²) in [4.78, 5) is 21.3. The number of carbonyl (C=O) groups is 1. The zero-order valence-electron chi connectivity index (χ0n) is 17.3. The molecule has 1 aliphatic rings. The number of halogens is 1. The Morgan fingerprint density at radius 2 is 1.87 bits per heavy atom. The molecule has 1 N–H and O–H groups in total. The van der Waals surface area contributed by atoms with Crippen LogP contribution in [-0.4, -0.2) is 64.2 Å². The summed E-state index contributed by atoms with van der Waals surface area (Å²) in [5.41, 5.74) is 1.07. The number of aromatic nitrogens is 2. The van der Waals surface area contributed by atoms with Crippen molar-refractivity contribution in [3.63, 3.8) is 0 Å². The Morgan fingerprint density at radius 1 is 1.16 bits per heavy atom. The van der Waals surface area contributed by atoms with Crippen molar-refractivity contribution in [2.75, 3.05) is 33.3 Å². The molecule has 1 fully saturated rings. The van der Waals surface area contributed by atoms with Gasteiger partial charge in [0, 0.05) is 36.8 Å². The highest BCUT2D eigenvalue weighted by atomic mass is 35.5. The van der Waals surface area contributed by atoms with Gasteiger partial charge < -0.3 is 19.3 Å². The number of methoxy groups -OCH3 is 1. The van der Waals surface area contributed by atoms with Gasteiger partial charge in [-0.25, -0.2) is 0 Å². The zero-order valence-corrected chi connectivity index (χ0v) is 18.0. The number of hydrogen-bond acceptors (Lipinski definition) is 7. The van der Waals surface area contributed by atoms with Gasteiger partial charge in [0.1, 0.15) is 0 Å². The molecule has 0 bridgehead atoms. The Kier molecular flexibility index (Phi) is 6.11. The van der Waals surface area contributed by atoms with E-state index < -0.39 is 0 Å². The molecule has 2 aromatic carbocycles. The number of aromatic hydroxyl groups is 1. The second-order valence-electron chi connectivity index (χ2n) is 7.32. The summed E-state index contributed by atoms with van der Waals surface area (Å²) in [5.74, 6) is 0.972. The Bertz CT molecular complexity index is 1060. The number of carbonyl (C=O) groups excluding carboxylic acids is 1. The summed E-state index contributed by atoms with van der Waals surface area (Å²) >= 11 is 5.93. The van der Waals surface area contributed by atoms with Crippen LogP contribution in [0.25, 0.3) is 11.4 Å². The average Bonchev–Trinajstić information content (AvgIpc) is 3.29. The van der Waals surface area contributed by atoms with Crippen LogP contribution in [0.5, 0.6) is 11.5 Å². The molecule has 162 valence electrons. The van der Waals surface area contributed by atoms with E-state index in [0.29, 0.717) is 42.9 Å². The number of hydrogen-bond donors (Lipinski definition) is 1. The number of benzene rings is 2. The van der Waals surface area contributed by atoms with E-state index in [1.165, 1.54) is 7.11 Å². The molecule has 0 aliphatic carbocycles. The first-order valence-electron chi connectivity index (χ1n) is 9.96. The van der Waals surface area contributed by atoms with Gasteiger partial charge in [0.15, 0.2) is 11.5 Å². The van der Waals surface area contributed by atoms with E-state index >= 15 is 0 Å². The summed E-state index contributed by atoms with van der Waals surface area (Å²) in [5, 5.41) is 15.0. The molecule has 2 heterocycles. The number of phenolic OH excluding ortho intramolecular Hbond substituents is 1. The van der Waals surface area contributed by atoms with Gasteiger partial charge in [-0.05, 0) is 43.3 Å². The van der Waals surface area contributed by atoms with Crippen molar-refractivity contribution in [1.29, 1.82) is 0 Å². The maximum atomic E-state index is 12.9. The van der Waals surface area contributed by atoms with E-state index in [1.807, 2.05) is 19.1 Å². The third-order valence-electron chi connectivity index (χ3n) is 5.50. The molecular weight excluding hydrogens is 420 g/mol. The normalized spacial score (nSPS) is 15.6. The lowest BCUT2D eigenvalue weighted by Crippen LogP contribution is -2.49.